The fourth-order valence-corrected chi connectivity index (χ4v) is 2.42. The number of methoxy groups -OCH3 is 1. The summed E-state index contributed by atoms with van der Waals surface area (Å²) in [6.07, 6.45) is 1.44. The van der Waals surface area contributed by atoms with E-state index in [1.165, 1.54) is 6.26 Å². The number of hydrogen-bond donors (Lipinski definition) is 2. The normalized spacial score (nSPS) is 10.2. The Hall–Kier alpha value is -3.74. The molecule has 0 aliphatic heterocycles. The zero-order chi connectivity index (χ0) is 19.8. The first-order valence-corrected chi connectivity index (χ1v) is 8.61. The second-order valence-corrected chi connectivity index (χ2v) is 5.87. The van der Waals surface area contributed by atoms with Gasteiger partial charge in [-0.1, -0.05) is 12.1 Å². The molecule has 28 heavy (non-hydrogen) atoms. The van der Waals surface area contributed by atoms with Crippen molar-refractivity contribution in [2.75, 3.05) is 19.0 Å². The molecule has 3 rings (SSSR count). The molecule has 0 fully saturated rings. The van der Waals surface area contributed by atoms with Gasteiger partial charge in [0.2, 0.25) is 0 Å². The maximum Gasteiger partial charge on any atom is 0.291 e. The van der Waals surface area contributed by atoms with Crippen molar-refractivity contribution in [2.24, 2.45) is 0 Å². The molecule has 144 valence electrons. The van der Waals surface area contributed by atoms with Crippen LogP contribution in [0.4, 0.5) is 5.69 Å². The van der Waals surface area contributed by atoms with Crippen LogP contribution in [0.25, 0.3) is 0 Å². The lowest BCUT2D eigenvalue weighted by Crippen LogP contribution is -2.28. The number of ether oxygens (including phenoxy) is 2. The van der Waals surface area contributed by atoms with Crippen molar-refractivity contribution in [3.63, 3.8) is 0 Å². The van der Waals surface area contributed by atoms with Crippen molar-refractivity contribution in [3.8, 4) is 11.5 Å². The Balaban J connectivity index is 1.43. The largest absolute Gasteiger partial charge is 0.497 e. The minimum absolute atomic E-state index is 0.109. The third-order valence-corrected chi connectivity index (χ3v) is 3.85. The molecule has 0 atom stereocenters. The lowest BCUT2D eigenvalue weighted by Gasteiger charge is -2.09. The quantitative estimate of drug-likeness (QED) is 0.626. The van der Waals surface area contributed by atoms with E-state index in [1.54, 1.807) is 43.5 Å². The number of furan rings is 1. The molecule has 0 aliphatic carbocycles. The highest BCUT2D eigenvalue weighted by Gasteiger charge is 2.09. The number of benzene rings is 2. The fourth-order valence-electron chi connectivity index (χ4n) is 2.42. The summed E-state index contributed by atoms with van der Waals surface area (Å²) >= 11 is 0. The Bertz CT molecular complexity index is 920. The minimum Gasteiger partial charge on any atom is -0.497 e. The number of hydrogen-bond acceptors (Lipinski definition) is 5. The molecule has 0 unspecified atom stereocenters. The molecule has 2 N–H and O–H groups in total. The van der Waals surface area contributed by atoms with Gasteiger partial charge in [0, 0.05) is 12.2 Å². The van der Waals surface area contributed by atoms with Gasteiger partial charge in [-0.25, -0.2) is 0 Å². The Morgan fingerprint density at radius 3 is 2.54 bits per heavy atom. The van der Waals surface area contributed by atoms with E-state index in [0.29, 0.717) is 18.0 Å². The molecule has 3 aromatic rings. The van der Waals surface area contributed by atoms with E-state index in [2.05, 4.69) is 10.6 Å². The van der Waals surface area contributed by atoms with Crippen LogP contribution in [-0.4, -0.2) is 25.5 Å². The number of carbonyl (C=O) groups is 2. The number of amides is 2. The first-order chi connectivity index (χ1) is 13.6. The monoisotopic (exact) mass is 380 g/mol. The van der Waals surface area contributed by atoms with Gasteiger partial charge in [-0.15, -0.1) is 0 Å². The van der Waals surface area contributed by atoms with Gasteiger partial charge in [-0.3, -0.25) is 9.59 Å². The summed E-state index contributed by atoms with van der Waals surface area (Å²) in [4.78, 5) is 23.9. The van der Waals surface area contributed by atoms with Crippen LogP contribution in [0.2, 0.25) is 0 Å². The van der Waals surface area contributed by atoms with E-state index in [1.807, 2.05) is 24.3 Å². The lowest BCUT2D eigenvalue weighted by molar-refractivity contribution is -0.123. The van der Waals surface area contributed by atoms with Crippen molar-refractivity contribution in [1.29, 1.82) is 0 Å². The van der Waals surface area contributed by atoms with Gasteiger partial charge in [-0.05, 0) is 54.1 Å². The highest BCUT2D eigenvalue weighted by molar-refractivity contribution is 6.02. The molecule has 0 aliphatic rings. The summed E-state index contributed by atoms with van der Waals surface area (Å²) in [7, 11) is 1.60. The Morgan fingerprint density at radius 2 is 1.82 bits per heavy atom. The van der Waals surface area contributed by atoms with Gasteiger partial charge < -0.3 is 24.5 Å². The molecule has 7 nitrogen and oxygen atoms in total. The summed E-state index contributed by atoms with van der Waals surface area (Å²) in [5.41, 5.74) is 1.53. The lowest BCUT2D eigenvalue weighted by atomic mass is 10.2. The molecule has 0 saturated carbocycles. The van der Waals surface area contributed by atoms with Crippen LogP contribution in [0.5, 0.6) is 11.5 Å². The highest BCUT2D eigenvalue weighted by atomic mass is 16.5. The summed E-state index contributed by atoms with van der Waals surface area (Å²) in [6.45, 7) is 0.277. The zero-order valence-electron chi connectivity index (χ0n) is 15.3. The Morgan fingerprint density at radius 1 is 1.00 bits per heavy atom. The zero-order valence-corrected chi connectivity index (χ0v) is 15.3. The van der Waals surface area contributed by atoms with Crippen LogP contribution in [0, 0.1) is 0 Å². The Kier molecular flexibility index (Phi) is 6.30. The van der Waals surface area contributed by atoms with Crippen molar-refractivity contribution >= 4 is 17.5 Å². The third-order valence-electron chi connectivity index (χ3n) is 3.85. The van der Waals surface area contributed by atoms with Gasteiger partial charge in [0.05, 0.1) is 13.4 Å². The number of carbonyl (C=O) groups excluding carboxylic acids is 2. The summed E-state index contributed by atoms with van der Waals surface area (Å²) in [5.74, 6) is 0.913. The predicted octanol–water partition coefficient (Wildman–Crippen LogP) is 3.24. The Labute approximate surface area is 162 Å². The highest BCUT2D eigenvalue weighted by Crippen LogP contribution is 2.17. The molecule has 7 heteroatoms. The third kappa shape index (κ3) is 5.38. The van der Waals surface area contributed by atoms with Crippen LogP contribution < -0.4 is 20.1 Å². The molecule has 2 aromatic carbocycles. The van der Waals surface area contributed by atoms with E-state index in [4.69, 9.17) is 13.9 Å². The van der Waals surface area contributed by atoms with E-state index in [-0.39, 0.29) is 24.2 Å². The molecule has 0 bridgehead atoms. The first kappa shape index (κ1) is 19.0. The number of nitrogens with one attached hydrogen (secondary N) is 2. The maximum atomic E-state index is 12.0. The van der Waals surface area contributed by atoms with Gasteiger partial charge in [0.1, 0.15) is 11.5 Å². The van der Waals surface area contributed by atoms with Crippen LogP contribution in [0.1, 0.15) is 16.1 Å². The van der Waals surface area contributed by atoms with Crippen LogP contribution in [0.15, 0.2) is 71.3 Å². The molecular formula is C21H20N2O5. The van der Waals surface area contributed by atoms with Gasteiger partial charge in [0.25, 0.3) is 11.8 Å². The number of anilines is 1. The van der Waals surface area contributed by atoms with Crippen LogP contribution in [0.3, 0.4) is 0 Å². The second-order valence-electron chi connectivity index (χ2n) is 5.87. The van der Waals surface area contributed by atoms with Gasteiger partial charge >= 0.3 is 0 Å². The van der Waals surface area contributed by atoms with E-state index in [9.17, 15) is 9.59 Å². The van der Waals surface area contributed by atoms with Crippen molar-refractivity contribution in [2.45, 2.75) is 6.54 Å². The first-order valence-electron chi connectivity index (χ1n) is 8.61. The SMILES string of the molecule is COc1cccc(CNC(=O)COc2ccc(NC(=O)c3ccco3)cc2)c1. The smallest absolute Gasteiger partial charge is 0.291 e. The van der Waals surface area contributed by atoms with E-state index < -0.39 is 0 Å². The van der Waals surface area contributed by atoms with E-state index >= 15 is 0 Å². The molecule has 1 heterocycles. The molecule has 1 aromatic heterocycles. The number of rotatable bonds is 8. The summed E-state index contributed by atoms with van der Waals surface area (Å²) in [6, 6.07) is 17.4. The molecule has 0 saturated heterocycles. The minimum atomic E-state index is -0.337. The van der Waals surface area contributed by atoms with Crippen molar-refractivity contribution < 1.29 is 23.5 Å². The standard InChI is InChI=1S/C21H20N2O5/c1-26-18-5-2-4-15(12-18)13-22-20(24)14-28-17-9-7-16(8-10-17)23-21(25)19-6-3-11-27-19/h2-12H,13-14H2,1H3,(H,22,24)(H,23,25). The van der Waals surface area contributed by atoms with Crippen LogP contribution >= 0.6 is 0 Å². The second kappa shape index (κ2) is 9.27. The van der Waals surface area contributed by atoms with Crippen molar-refractivity contribution in [1.82, 2.24) is 5.32 Å². The van der Waals surface area contributed by atoms with Crippen molar-refractivity contribution in [3.05, 3.63) is 78.3 Å². The predicted molar refractivity (Wildman–Crippen MR) is 103 cm³/mol. The van der Waals surface area contributed by atoms with Gasteiger partial charge in [0.15, 0.2) is 12.4 Å². The van der Waals surface area contributed by atoms with E-state index in [0.717, 1.165) is 11.3 Å². The average Bonchev–Trinajstić information content (AvgIpc) is 3.27. The van der Waals surface area contributed by atoms with Crippen LogP contribution in [-0.2, 0) is 11.3 Å². The fraction of sp³-hybridized carbons (Fsp3) is 0.143. The molecule has 0 radical (unpaired) electrons. The molecule has 0 spiro atoms. The van der Waals surface area contributed by atoms with Gasteiger partial charge in [-0.2, -0.15) is 0 Å². The summed E-state index contributed by atoms with van der Waals surface area (Å²) in [5, 5.41) is 5.49. The molecular weight excluding hydrogens is 360 g/mol. The summed E-state index contributed by atoms with van der Waals surface area (Å²) < 4.78 is 15.7. The topological polar surface area (TPSA) is 89.8 Å². The average molecular weight is 380 g/mol. The maximum absolute atomic E-state index is 12.0. The molecule has 2 amide bonds.